The number of hydrogen-bond acceptors (Lipinski definition) is 3. The highest BCUT2D eigenvalue weighted by Crippen LogP contribution is 2.25. The van der Waals surface area contributed by atoms with Gasteiger partial charge in [0.15, 0.2) is 0 Å². The number of rotatable bonds is 6. The van der Waals surface area contributed by atoms with Gasteiger partial charge in [0, 0.05) is 12.2 Å². The molecule has 4 nitrogen and oxygen atoms in total. The zero-order valence-electron chi connectivity index (χ0n) is 12.2. The highest BCUT2D eigenvalue weighted by molar-refractivity contribution is 6.42. The number of halogens is 2. The summed E-state index contributed by atoms with van der Waals surface area (Å²) in [6.45, 7) is 3.03. The molecule has 2 rings (SSSR count). The van der Waals surface area contributed by atoms with Crippen LogP contribution in [0.2, 0.25) is 10.0 Å². The Labute approximate surface area is 139 Å². The second-order valence-corrected chi connectivity index (χ2v) is 5.61. The van der Waals surface area contributed by atoms with Crippen LogP contribution in [0.1, 0.15) is 30.3 Å². The number of nitrogens with one attached hydrogen (secondary N) is 2. The van der Waals surface area contributed by atoms with Crippen molar-refractivity contribution < 1.29 is 4.79 Å². The number of unbranched alkanes of at least 4 members (excludes halogenated alkanes) is 1. The van der Waals surface area contributed by atoms with Gasteiger partial charge in [-0.3, -0.25) is 4.79 Å². The Balaban J connectivity index is 1.98. The number of pyridine rings is 1. The third-order valence-corrected chi connectivity index (χ3v) is 3.77. The number of benzene rings is 1. The van der Waals surface area contributed by atoms with Crippen LogP contribution in [0.25, 0.3) is 0 Å². The molecule has 22 heavy (non-hydrogen) atoms. The summed E-state index contributed by atoms with van der Waals surface area (Å²) in [5, 5.41) is 6.82. The van der Waals surface area contributed by atoms with E-state index in [9.17, 15) is 4.79 Å². The number of anilines is 2. The summed E-state index contributed by atoms with van der Waals surface area (Å²) in [7, 11) is 0. The van der Waals surface area contributed by atoms with Gasteiger partial charge in [-0.15, -0.1) is 0 Å². The average molecular weight is 338 g/mol. The average Bonchev–Trinajstić information content (AvgIpc) is 2.52. The molecule has 0 saturated heterocycles. The third kappa shape index (κ3) is 4.61. The van der Waals surface area contributed by atoms with Crippen LogP contribution in [0, 0.1) is 0 Å². The Morgan fingerprint density at radius 1 is 1.14 bits per heavy atom. The van der Waals surface area contributed by atoms with Crippen molar-refractivity contribution in [2.75, 3.05) is 17.2 Å². The van der Waals surface area contributed by atoms with Gasteiger partial charge in [-0.2, -0.15) is 0 Å². The lowest BCUT2D eigenvalue weighted by Crippen LogP contribution is -2.13. The predicted octanol–water partition coefficient (Wildman–Crippen LogP) is 4.85. The fourth-order valence-corrected chi connectivity index (χ4v) is 2.11. The lowest BCUT2D eigenvalue weighted by molar-refractivity contribution is 0.102. The summed E-state index contributed by atoms with van der Waals surface area (Å²) in [5.74, 6) is -0.293. The van der Waals surface area contributed by atoms with E-state index in [0.717, 1.165) is 25.1 Å². The maximum atomic E-state index is 12.1. The number of amides is 1. The van der Waals surface area contributed by atoms with Gasteiger partial charge in [-0.1, -0.05) is 36.5 Å². The van der Waals surface area contributed by atoms with Crippen molar-refractivity contribution in [2.45, 2.75) is 19.8 Å². The first kappa shape index (κ1) is 16.6. The van der Waals surface area contributed by atoms with Crippen LogP contribution in [0.15, 0.2) is 36.5 Å². The second-order valence-electron chi connectivity index (χ2n) is 4.80. The molecule has 0 unspecified atom stereocenters. The van der Waals surface area contributed by atoms with Gasteiger partial charge in [0.2, 0.25) is 0 Å². The molecule has 1 aromatic carbocycles. The van der Waals surface area contributed by atoms with E-state index in [2.05, 4.69) is 22.5 Å². The van der Waals surface area contributed by atoms with Crippen LogP contribution in [0.5, 0.6) is 0 Å². The van der Waals surface area contributed by atoms with Gasteiger partial charge in [0.25, 0.3) is 5.91 Å². The van der Waals surface area contributed by atoms with Crippen LogP contribution >= 0.6 is 23.2 Å². The number of hydrogen-bond donors (Lipinski definition) is 2. The van der Waals surface area contributed by atoms with E-state index in [4.69, 9.17) is 23.2 Å². The zero-order chi connectivity index (χ0) is 15.9. The monoisotopic (exact) mass is 337 g/mol. The molecule has 0 fully saturated rings. The molecule has 1 heterocycles. The molecule has 1 aromatic heterocycles. The van der Waals surface area contributed by atoms with E-state index >= 15 is 0 Å². The Morgan fingerprint density at radius 3 is 2.55 bits per heavy atom. The SMILES string of the molecule is CCCCNc1ccc(C(=O)Nc2ccc(Cl)c(Cl)c2)nc1. The molecular weight excluding hydrogens is 321 g/mol. The van der Waals surface area contributed by atoms with E-state index in [0.29, 0.717) is 21.4 Å². The Kier molecular flexibility index (Phi) is 6.04. The topological polar surface area (TPSA) is 54.0 Å². The van der Waals surface area contributed by atoms with Gasteiger partial charge in [-0.25, -0.2) is 4.98 Å². The first-order chi connectivity index (χ1) is 10.6. The maximum Gasteiger partial charge on any atom is 0.274 e. The minimum absolute atomic E-state index is 0.293. The molecule has 0 atom stereocenters. The molecule has 0 saturated carbocycles. The highest BCUT2D eigenvalue weighted by Gasteiger charge is 2.08. The third-order valence-electron chi connectivity index (χ3n) is 3.03. The van der Waals surface area contributed by atoms with E-state index < -0.39 is 0 Å². The van der Waals surface area contributed by atoms with E-state index in [1.54, 1.807) is 30.5 Å². The summed E-state index contributed by atoms with van der Waals surface area (Å²) >= 11 is 11.8. The molecule has 0 spiro atoms. The van der Waals surface area contributed by atoms with Crippen molar-refractivity contribution in [3.63, 3.8) is 0 Å². The zero-order valence-corrected chi connectivity index (χ0v) is 13.7. The van der Waals surface area contributed by atoms with Gasteiger partial charge >= 0.3 is 0 Å². The summed E-state index contributed by atoms with van der Waals surface area (Å²) in [6.07, 6.45) is 3.88. The summed E-state index contributed by atoms with van der Waals surface area (Å²) < 4.78 is 0. The van der Waals surface area contributed by atoms with Gasteiger partial charge in [0.05, 0.1) is 21.9 Å². The normalized spacial score (nSPS) is 10.3. The first-order valence-corrected chi connectivity index (χ1v) is 7.82. The van der Waals surface area contributed by atoms with E-state index in [1.165, 1.54) is 0 Å². The van der Waals surface area contributed by atoms with E-state index in [1.807, 2.05) is 6.07 Å². The number of aromatic nitrogens is 1. The smallest absolute Gasteiger partial charge is 0.274 e. The fraction of sp³-hybridized carbons (Fsp3) is 0.250. The quantitative estimate of drug-likeness (QED) is 0.740. The molecular formula is C16H17Cl2N3O. The van der Waals surface area contributed by atoms with Crippen molar-refractivity contribution in [1.82, 2.24) is 4.98 Å². The minimum atomic E-state index is -0.293. The maximum absolute atomic E-state index is 12.1. The second kappa shape index (κ2) is 8.01. The van der Waals surface area contributed by atoms with Crippen LogP contribution in [-0.2, 0) is 0 Å². The van der Waals surface area contributed by atoms with Gasteiger partial charge in [-0.05, 0) is 36.8 Å². The Bertz CT molecular complexity index is 644. The lowest BCUT2D eigenvalue weighted by atomic mass is 10.2. The summed E-state index contributed by atoms with van der Waals surface area (Å²) in [4.78, 5) is 16.3. The predicted molar refractivity (Wildman–Crippen MR) is 92.0 cm³/mol. The minimum Gasteiger partial charge on any atom is -0.384 e. The largest absolute Gasteiger partial charge is 0.384 e. The molecule has 2 N–H and O–H groups in total. The van der Waals surface area contributed by atoms with Crippen molar-refractivity contribution in [3.8, 4) is 0 Å². The summed E-state index contributed by atoms with van der Waals surface area (Å²) in [6, 6.07) is 8.44. The number of nitrogens with zero attached hydrogens (tertiary/aromatic N) is 1. The highest BCUT2D eigenvalue weighted by atomic mass is 35.5. The van der Waals surface area contributed by atoms with Crippen molar-refractivity contribution in [1.29, 1.82) is 0 Å². The van der Waals surface area contributed by atoms with Crippen LogP contribution < -0.4 is 10.6 Å². The molecule has 2 aromatic rings. The number of carbonyl (C=O) groups is 1. The van der Waals surface area contributed by atoms with Gasteiger partial charge < -0.3 is 10.6 Å². The van der Waals surface area contributed by atoms with Crippen LogP contribution in [0.4, 0.5) is 11.4 Å². The number of carbonyl (C=O) groups excluding carboxylic acids is 1. The molecule has 1 amide bonds. The lowest BCUT2D eigenvalue weighted by Gasteiger charge is -2.08. The Hall–Kier alpha value is -1.78. The molecule has 0 radical (unpaired) electrons. The molecule has 6 heteroatoms. The van der Waals surface area contributed by atoms with Gasteiger partial charge in [0.1, 0.15) is 5.69 Å². The first-order valence-electron chi connectivity index (χ1n) is 7.06. The van der Waals surface area contributed by atoms with Crippen LogP contribution in [-0.4, -0.2) is 17.4 Å². The van der Waals surface area contributed by atoms with Crippen LogP contribution in [0.3, 0.4) is 0 Å². The molecule has 0 aliphatic rings. The Morgan fingerprint density at radius 2 is 1.91 bits per heavy atom. The summed E-state index contributed by atoms with van der Waals surface area (Å²) in [5.41, 5.74) is 1.82. The van der Waals surface area contributed by atoms with Crippen molar-refractivity contribution >= 4 is 40.5 Å². The van der Waals surface area contributed by atoms with E-state index in [-0.39, 0.29) is 5.91 Å². The molecule has 116 valence electrons. The standard InChI is InChI=1S/C16H17Cl2N3O/c1-2-3-8-19-12-5-7-15(20-10-12)16(22)21-11-4-6-13(17)14(18)9-11/h4-7,9-10,19H,2-3,8H2,1H3,(H,21,22). The fourth-order valence-electron chi connectivity index (χ4n) is 1.81. The van der Waals surface area contributed by atoms with Crippen molar-refractivity contribution in [2.24, 2.45) is 0 Å². The molecule has 0 aliphatic heterocycles. The molecule has 0 aliphatic carbocycles. The molecule has 0 bridgehead atoms. The van der Waals surface area contributed by atoms with Crippen molar-refractivity contribution in [3.05, 3.63) is 52.3 Å².